The summed E-state index contributed by atoms with van der Waals surface area (Å²) in [5.74, 6) is 0.373. The van der Waals surface area contributed by atoms with Gasteiger partial charge in [-0.2, -0.15) is 0 Å². The molecule has 3 heteroatoms. The smallest absolute Gasteiger partial charge is 0.0666 e. The monoisotopic (exact) mass is 258 g/mol. The molecular formula is C15H34N2O. The van der Waals surface area contributed by atoms with Gasteiger partial charge >= 0.3 is 0 Å². The first kappa shape index (κ1) is 17.9. The molecule has 0 aromatic carbocycles. The van der Waals surface area contributed by atoms with Crippen LogP contribution in [0.25, 0.3) is 0 Å². The second-order valence-electron chi connectivity index (χ2n) is 6.27. The van der Waals surface area contributed by atoms with Gasteiger partial charge in [-0.05, 0) is 53.0 Å². The quantitative estimate of drug-likeness (QED) is 0.668. The van der Waals surface area contributed by atoms with Gasteiger partial charge in [0.05, 0.1) is 12.2 Å². The predicted molar refractivity (Wildman–Crippen MR) is 79.8 cm³/mol. The lowest BCUT2D eigenvalue weighted by molar-refractivity contribution is -0.0667. The third-order valence-corrected chi connectivity index (χ3v) is 4.55. The van der Waals surface area contributed by atoms with E-state index in [9.17, 15) is 0 Å². The summed E-state index contributed by atoms with van der Waals surface area (Å²) in [6, 6.07) is 0.473. The van der Waals surface area contributed by atoms with Gasteiger partial charge in [-0.25, -0.2) is 0 Å². The second kappa shape index (κ2) is 7.46. The van der Waals surface area contributed by atoms with Crippen LogP contribution >= 0.6 is 0 Å². The molecule has 0 aliphatic rings. The van der Waals surface area contributed by atoms with Crippen LogP contribution in [0, 0.1) is 5.92 Å². The number of rotatable bonds is 9. The van der Waals surface area contributed by atoms with Crippen LogP contribution < -0.4 is 11.1 Å². The molecule has 18 heavy (non-hydrogen) atoms. The van der Waals surface area contributed by atoms with Crippen LogP contribution in [-0.2, 0) is 4.74 Å². The third-order valence-electron chi connectivity index (χ3n) is 4.55. The van der Waals surface area contributed by atoms with Crippen molar-refractivity contribution in [3.63, 3.8) is 0 Å². The molecule has 3 nitrogen and oxygen atoms in total. The summed E-state index contributed by atoms with van der Waals surface area (Å²) in [5, 5.41) is 3.28. The Morgan fingerprint density at radius 2 is 1.72 bits per heavy atom. The van der Waals surface area contributed by atoms with Crippen LogP contribution in [0.1, 0.15) is 60.8 Å². The molecule has 0 saturated carbocycles. The maximum Gasteiger partial charge on any atom is 0.0666 e. The topological polar surface area (TPSA) is 47.3 Å². The van der Waals surface area contributed by atoms with Crippen LogP contribution in [0.4, 0.5) is 0 Å². The minimum atomic E-state index is -0.136. The Morgan fingerprint density at radius 1 is 1.17 bits per heavy atom. The molecule has 0 aliphatic carbocycles. The first-order valence-electron chi connectivity index (χ1n) is 7.30. The summed E-state index contributed by atoms with van der Waals surface area (Å²) < 4.78 is 6.18. The maximum atomic E-state index is 6.27. The van der Waals surface area contributed by atoms with E-state index in [0.29, 0.717) is 12.0 Å². The van der Waals surface area contributed by atoms with Gasteiger partial charge in [-0.1, -0.05) is 20.8 Å². The van der Waals surface area contributed by atoms with Crippen molar-refractivity contribution in [3.8, 4) is 0 Å². The fourth-order valence-corrected chi connectivity index (χ4v) is 1.92. The summed E-state index contributed by atoms with van der Waals surface area (Å²) in [7, 11) is 2.00. The van der Waals surface area contributed by atoms with Gasteiger partial charge in [0.15, 0.2) is 0 Å². The molecular weight excluding hydrogens is 224 g/mol. The SMILES string of the molecule is CCC(C)(CC(C)NC)OCC(C)C(C)(N)CC. The van der Waals surface area contributed by atoms with E-state index in [1.165, 1.54) is 0 Å². The fraction of sp³-hybridized carbons (Fsp3) is 1.00. The van der Waals surface area contributed by atoms with E-state index in [1.807, 2.05) is 7.05 Å². The predicted octanol–water partition coefficient (Wildman–Crippen LogP) is 2.93. The molecule has 0 heterocycles. The highest BCUT2D eigenvalue weighted by atomic mass is 16.5. The Labute approximate surface area is 114 Å². The van der Waals surface area contributed by atoms with Crippen LogP contribution in [-0.4, -0.2) is 30.8 Å². The average Bonchev–Trinajstić information content (AvgIpc) is 2.35. The molecule has 0 bridgehead atoms. The minimum absolute atomic E-state index is 0.0551. The van der Waals surface area contributed by atoms with Crippen LogP contribution in [0.3, 0.4) is 0 Å². The van der Waals surface area contributed by atoms with Crippen molar-refractivity contribution in [3.05, 3.63) is 0 Å². The summed E-state index contributed by atoms with van der Waals surface area (Å²) in [5.41, 5.74) is 6.07. The van der Waals surface area contributed by atoms with Crippen molar-refractivity contribution in [1.82, 2.24) is 5.32 Å². The summed E-state index contributed by atoms with van der Waals surface area (Å²) in [4.78, 5) is 0. The molecule has 0 aliphatic heterocycles. The second-order valence-corrected chi connectivity index (χ2v) is 6.27. The Balaban J connectivity index is 4.38. The molecule has 0 aromatic rings. The highest BCUT2D eigenvalue weighted by Gasteiger charge is 2.30. The summed E-state index contributed by atoms with van der Waals surface area (Å²) in [6.45, 7) is 13.8. The zero-order valence-corrected chi connectivity index (χ0v) is 13.5. The van der Waals surface area contributed by atoms with Gasteiger partial charge in [0, 0.05) is 11.6 Å². The van der Waals surface area contributed by atoms with E-state index in [0.717, 1.165) is 25.9 Å². The van der Waals surface area contributed by atoms with E-state index < -0.39 is 0 Å². The van der Waals surface area contributed by atoms with E-state index in [4.69, 9.17) is 10.5 Å². The highest BCUT2D eigenvalue weighted by Crippen LogP contribution is 2.25. The summed E-state index contributed by atoms with van der Waals surface area (Å²) in [6.07, 6.45) is 3.03. The van der Waals surface area contributed by atoms with Crippen LogP contribution in [0.15, 0.2) is 0 Å². The van der Waals surface area contributed by atoms with Crippen molar-refractivity contribution in [2.75, 3.05) is 13.7 Å². The molecule has 0 saturated heterocycles. The maximum absolute atomic E-state index is 6.27. The number of nitrogens with one attached hydrogen (secondary N) is 1. The number of ether oxygens (including phenoxy) is 1. The number of nitrogens with two attached hydrogens (primary N) is 1. The largest absolute Gasteiger partial charge is 0.375 e. The van der Waals surface area contributed by atoms with Gasteiger partial charge < -0.3 is 15.8 Å². The Hall–Kier alpha value is -0.120. The molecule has 4 atom stereocenters. The standard InChI is InChI=1S/C15H34N2O/c1-8-14(5,10-13(4)17-7)18-11-12(3)15(6,16)9-2/h12-13,17H,8-11,16H2,1-7H3. The van der Waals surface area contributed by atoms with Crippen molar-refractivity contribution in [2.24, 2.45) is 11.7 Å². The average molecular weight is 258 g/mol. The normalized spacial score (nSPS) is 22.0. The van der Waals surface area contributed by atoms with Gasteiger partial charge in [-0.15, -0.1) is 0 Å². The van der Waals surface area contributed by atoms with Crippen LogP contribution in [0.2, 0.25) is 0 Å². The third kappa shape index (κ3) is 5.68. The Morgan fingerprint density at radius 3 is 2.11 bits per heavy atom. The Bertz CT molecular complexity index is 231. The van der Waals surface area contributed by atoms with Gasteiger partial charge in [0.2, 0.25) is 0 Å². The first-order valence-corrected chi connectivity index (χ1v) is 7.30. The zero-order valence-electron chi connectivity index (χ0n) is 13.5. The van der Waals surface area contributed by atoms with Crippen LogP contribution in [0.5, 0.6) is 0 Å². The zero-order chi connectivity index (χ0) is 14.4. The molecule has 0 aromatic heterocycles. The first-order chi connectivity index (χ1) is 8.20. The van der Waals surface area contributed by atoms with Gasteiger partial charge in [-0.3, -0.25) is 0 Å². The Kier molecular flexibility index (Phi) is 7.41. The molecule has 4 unspecified atom stereocenters. The minimum Gasteiger partial charge on any atom is -0.375 e. The molecule has 3 N–H and O–H groups in total. The van der Waals surface area contributed by atoms with Crippen molar-refractivity contribution >= 4 is 0 Å². The van der Waals surface area contributed by atoms with E-state index >= 15 is 0 Å². The lowest BCUT2D eigenvalue weighted by Crippen LogP contribution is -2.46. The van der Waals surface area contributed by atoms with E-state index in [-0.39, 0.29) is 11.1 Å². The highest BCUT2D eigenvalue weighted by molar-refractivity contribution is 4.85. The number of hydrogen-bond acceptors (Lipinski definition) is 3. The summed E-state index contributed by atoms with van der Waals surface area (Å²) >= 11 is 0. The molecule has 0 amide bonds. The molecule has 0 radical (unpaired) electrons. The van der Waals surface area contributed by atoms with E-state index in [2.05, 4.69) is 46.9 Å². The van der Waals surface area contributed by atoms with Crippen molar-refractivity contribution in [1.29, 1.82) is 0 Å². The molecule has 110 valence electrons. The lowest BCUT2D eigenvalue weighted by atomic mass is 9.86. The van der Waals surface area contributed by atoms with Gasteiger partial charge in [0.25, 0.3) is 0 Å². The van der Waals surface area contributed by atoms with Gasteiger partial charge in [0.1, 0.15) is 0 Å². The lowest BCUT2D eigenvalue weighted by Gasteiger charge is -2.36. The van der Waals surface area contributed by atoms with Crippen molar-refractivity contribution < 1.29 is 4.74 Å². The number of hydrogen-bond donors (Lipinski definition) is 2. The molecule has 0 spiro atoms. The fourth-order valence-electron chi connectivity index (χ4n) is 1.92. The molecule has 0 rings (SSSR count). The molecule has 0 fully saturated rings. The van der Waals surface area contributed by atoms with E-state index in [1.54, 1.807) is 0 Å². The van der Waals surface area contributed by atoms with Crippen molar-refractivity contribution in [2.45, 2.75) is 78.0 Å².